The van der Waals surface area contributed by atoms with Gasteiger partial charge in [-0.1, -0.05) is 0 Å². The van der Waals surface area contributed by atoms with Gasteiger partial charge >= 0.3 is 5.97 Å². The van der Waals surface area contributed by atoms with Gasteiger partial charge in [-0.3, -0.25) is 9.59 Å². The Bertz CT molecular complexity index is 321. The van der Waals surface area contributed by atoms with Crippen molar-refractivity contribution in [3.8, 4) is 0 Å². The molecule has 1 heterocycles. The van der Waals surface area contributed by atoms with Crippen molar-refractivity contribution in [2.45, 2.75) is 45.2 Å². The monoisotopic (exact) mass is 258 g/mol. The van der Waals surface area contributed by atoms with Crippen LogP contribution in [0, 0.1) is 5.41 Å². The number of carbonyl (C=O) groups excluding carboxylic acids is 1. The molecule has 0 aromatic heterocycles. The number of hydrogen-bond acceptors (Lipinski definition) is 4. The van der Waals surface area contributed by atoms with E-state index in [1.807, 2.05) is 6.92 Å². The van der Waals surface area contributed by atoms with Gasteiger partial charge in [-0.2, -0.15) is 0 Å². The van der Waals surface area contributed by atoms with Crippen LogP contribution in [0.5, 0.6) is 0 Å². The molecule has 0 aromatic carbocycles. The largest absolute Gasteiger partial charge is 0.481 e. The lowest BCUT2D eigenvalue weighted by Crippen LogP contribution is -2.51. The molecule has 0 aromatic rings. The lowest BCUT2D eigenvalue weighted by molar-refractivity contribution is -0.137. The van der Waals surface area contributed by atoms with Crippen LogP contribution in [-0.4, -0.2) is 42.3 Å². The van der Waals surface area contributed by atoms with Gasteiger partial charge in [0, 0.05) is 18.5 Å². The van der Waals surface area contributed by atoms with Gasteiger partial charge in [0.2, 0.25) is 5.91 Å². The third-order valence-corrected chi connectivity index (χ3v) is 3.44. The van der Waals surface area contributed by atoms with E-state index in [-0.39, 0.29) is 24.4 Å². The number of hydrogen-bond donors (Lipinski definition) is 3. The first-order chi connectivity index (χ1) is 8.36. The fraction of sp³-hybridized carbons (Fsp3) is 0.833. The zero-order valence-corrected chi connectivity index (χ0v) is 10.9. The van der Waals surface area contributed by atoms with Crippen molar-refractivity contribution < 1.29 is 19.4 Å². The normalized spacial score (nSPS) is 28.9. The number of aliphatic carboxylic acids is 1. The third-order valence-electron chi connectivity index (χ3n) is 3.44. The van der Waals surface area contributed by atoms with Crippen molar-refractivity contribution in [2.24, 2.45) is 11.1 Å². The lowest BCUT2D eigenvalue weighted by Gasteiger charge is -2.27. The molecule has 1 aliphatic heterocycles. The fourth-order valence-electron chi connectivity index (χ4n) is 1.94. The molecule has 6 heteroatoms. The Labute approximate surface area is 107 Å². The highest BCUT2D eigenvalue weighted by molar-refractivity contribution is 5.83. The molecule has 3 atom stereocenters. The molecule has 0 radical (unpaired) electrons. The van der Waals surface area contributed by atoms with Crippen LogP contribution in [0.25, 0.3) is 0 Å². The summed E-state index contributed by atoms with van der Waals surface area (Å²) in [6.07, 6.45) is 1.32. The van der Waals surface area contributed by atoms with Gasteiger partial charge in [-0.15, -0.1) is 0 Å². The maximum Gasteiger partial charge on any atom is 0.303 e. The molecule has 18 heavy (non-hydrogen) atoms. The van der Waals surface area contributed by atoms with E-state index in [0.29, 0.717) is 26.1 Å². The van der Waals surface area contributed by atoms with Crippen molar-refractivity contribution in [1.29, 1.82) is 0 Å². The molecule has 0 saturated carbocycles. The Morgan fingerprint density at radius 2 is 2.28 bits per heavy atom. The molecule has 3 unspecified atom stereocenters. The first-order valence-electron chi connectivity index (χ1n) is 6.22. The standard InChI is InChI=1S/C12H22N2O4/c1-8(4-3-5-10(15)16)14-11(17)12(2)7-18-6-9(12)13/h8-9H,3-7,13H2,1-2H3,(H,14,17)(H,15,16). The van der Waals surface area contributed by atoms with Crippen LogP contribution >= 0.6 is 0 Å². The maximum absolute atomic E-state index is 12.1. The number of amides is 1. The number of nitrogens with two attached hydrogens (primary N) is 1. The average Bonchev–Trinajstić information content (AvgIpc) is 2.60. The molecule has 4 N–H and O–H groups in total. The minimum Gasteiger partial charge on any atom is -0.481 e. The molecule has 0 bridgehead atoms. The van der Waals surface area contributed by atoms with Crippen LogP contribution in [-0.2, 0) is 14.3 Å². The molecule has 1 aliphatic rings. The van der Waals surface area contributed by atoms with Gasteiger partial charge in [0.1, 0.15) is 0 Å². The number of rotatable bonds is 6. The second-order valence-corrected chi connectivity index (χ2v) is 5.20. The number of carbonyl (C=O) groups is 2. The molecular weight excluding hydrogens is 236 g/mol. The van der Waals surface area contributed by atoms with Crippen LogP contribution in [0.1, 0.15) is 33.1 Å². The van der Waals surface area contributed by atoms with Gasteiger partial charge in [0.05, 0.1) is 18.6 Å². The van der Waals surface area contributed by atoms with E-state index in [1.54, 1.807) is 6.92 Å². The van der Waals surface area contributed by atoms with E-state index in [0.717, 1.165) is 0 Å². The summed E-state index contributed by atoms with van der Waals surface area (Å²) in [5, 5.41) is 11.4. The van der Waals surface area contributed by atoms with Gasteiger partial charge < -0.3 is 20.9 Å². The van der Waals surface area contributed by atoms with Gasteiger partial charge in [-0.05, 0) is 26.7 Å². The van der Waals surface area contributed by atoms with E-state index in [2.05, 4.69) is 5.32 Å². The van der Waals surface area contributed by atoms with Crippen molar-refractivity contribution in [2.75, 3.05) is 13.2 Å². The first kappa shape index (κ1) is 14.9. The highest BCUT2D eigenvalue weighted by Crippen LogP contribution is 2.27. The summed E-state index contributed by atoms with van der Waals surface area (Å²) >= 11 is 0. The van der Waals surface area contributed by atoms with Crippen LogP contribution in [0.3, 0.4) is 0 Å². The Hall–Kier alpha value is -1.14. The molecule has 1 saturated heterocycles. The minimum absolute atomic E-state index is 0.0542. The predicted octanol–water partition coefficient (Wildman–Crippen LogP) is 0.110. The molecule has 1 rings (SSSR count). The average molecular weight is 258 g/mol. The molecule has 1 amide bonds. The second kappa shape index (κ2) is 6.15. The van der Waals surface area contributed by atoms with Crippen LogP contribution in [0.15, 0.2) is 0 Å². The number of carboxylic acids is 1. The fourth-order valence-corrected chi connectivity index (χ4v) is 1.94. The van der Waals surface area contributed by atoms with Crippen LogP contribution < -0.4 is 11.1 Å². The Morgan fingerprint density at radius 1 is 1.61 bits per heavy atom. The summed E-state index contributed by atoms with van der Waals surface area (Å²) in [5.41, 5.74) is 5.19. The highest BCUT2D eigenvalue weighted by atomic mass is 16.5. The SMILES string of the molecule is CC(CCCC(=O)O)NC(=O)C1(C)COCC1N. The summed E-state index contributed by atoms with van der Waals surface area (Å²) in [6, 6.07) is -0.342. The summed E-state index contributed by atoms with van der Waals surface area (Å²) in [4.78, 5) is 22.5. The van der Waals surface area contributed by atoms with E-state index in [9.17, 15) is 9.59 Å². The van der Waals surface area contributed by atoms with E-state index < -0.39 is 11.4 Å². The Kier molecular flexibility index (Phi) is 5.10. The van der Waals surface area contributed by atoms with Gasteiger partial charge in [-0.25, -0.2) is 0 Å². The van der Waals surface area contributed by atoms with Gasteiger partial charge in [0.25, 0.3) is 0 Å². The third kappa shape index (κ3) is 3.68. The zero-order chi connectivity index (χ0) is 13.8. The lowest BCUT2D eigenvalue weighted by atomic mass is 9.84. The van der Waals surface area contributed by atoms with E-state index in [4.69, 9.17) is 15.6 Å². The summed E-state index contributed by atoms with van der Waals surface area (Å²) in [5.74, 6) is -0.929. The number of carboxylic acid groups (broad SMARTS) is 1. The Morgan fingerprint density at radius 3 is 2.78 bits per heavy atom. The number of ether oxygens (including phenoxy) is 1. The van der Waals surface area contributed by atoms with E-state index >= 15 is 0 Å². The van der Waals surface area contributed by atoms with Crippen molar-refractivity contribution in [1.82, 2.24) is 5.32 Å². The second-order valence-electron chi connectivity index (χ2n) is 5.20. The smallest absolute Gasteiger partial charge is 0.303 e. The molecule has 0 aliphatic carbocycles. The quantitative estimate of drug-likeness (QED) is 0.627. The van der Waals surface area contributed by atoms with E-state index in [1.165, 1.54) is 0 Å². The molecule has 0 spiro atoms. The van der Waals surface area contributed by atoms with Crippen LogP contribution in [0.2, 0.25) is 0 Å². The molecule has 1 fully saturated rings. The topological polar surface area (TPSA) is 102 Å². The molecule has 104 valence electrons. The van der Waals surface area contributed by atoms with Crippen molar-refractivity contribution in [3.05, 3.63) is 0 Å². The number of nitrogens with one attached hydrogen (secondary N) is 1. The maximum atomic E-state index is 12.1. The predicted molar refractivity (Wildman–Crippen MR) is 66.0 cm³/mol. The minimum atomic E-state index is -0.813. The first-order valence-corrected chi connectivity index (χ1v) is 6.22. The summed E-state index contributed by atoms with van der Waals surface area (Å²) < 4.78 is 5.22. The van der Waals surface area contributed by atoms with Crippen molar-refractivity contribution >= 4 is 11.9 Å². The molecule has 6 nitrogen and oxygen atoms in total. The Balaban J connectivity index is 2.37. The summed E-state index contributed by atoms with van der Waals surface area (Å²) in [7, 11) is 0. The van der Waals surface area contributed by atoms with Gasteiger partial charge in [0.15, 0.2) is 0 Å². The van der Waals surface area contributed by atoms with Crippen molar-refractivity contribution in [3.63, 3.8) is 0 Å². The van der Waals surface area contributed by atoms with Crippen LogP contribution in [0.4, 0.5) is 0 Å². The zero-order valence-electron chi connectivity index (χ0n) is 10.9. The highest BCUT2D eigenvalue weighted by Gasteiger charge is 2.44. The molecular formula is C12H22N2O4. The summed E-state index contributed by atoms with van der Waals surface area (Å²) in [6.45, 7) is 4.40.